The second-order valence-electron chi connectivity index (χ2n) is 4.88. The topological polar surface area (TPSA) is 40.6 Å². The van der Waals surface area contributed by atoms with Crippen LogP contribution in [0.5, 0.6) is 0 Å². The predicted molar refractivity (Wildman–Crippen MR) is 72.1 cm³/mol. The Kier molecular flexibility index (Phi) is 4.04. The lowest BCUT2D eigenvalue weighted by Crippen LogP contribution is -2.34. The number of hydrogen-bond donors (Lipinski definition) is 0. The van der Waals surface area contributed by atoms with E-state index in [1.165, 1.54) is 0 Å². The molecule has 1 heterocycles. The molecule has 0 aromatic heterocycles. The highest BCUT2D eigenvalue weighted by atomic mass is 32.2. The summed E-state index contributed by atoms with van der Waals surface area (Å²) in [5.41, 5.74) is 0.975. The molecule has 1 aliphatic rings. The molecule has 0 bridgehead atoms. The van der Waals surface area contributed by atoms with Crippen LogP contribution in [0.3, 0.4) is 0 Å². The van der Waals surface area contributed by atoms with Crippen molar-refractivity contribution in [3.05, 3.63) is 29.8 Å². The van der Waals surface area contributed by atoms with Gasteiger partial charge in [0.05, 0.1) is 4.90 Å². The zero-order valence-corrected chi connectivity index (χ0v) is 11.8. The Morgan fingerprint density at radius 1 is 1.11 bits per heavy atom. The molecular weight excluding hydrogens is 248 g/mol. The lowest BCUT2D eigenvalue weighted by molar-refractivity contribution is 0.347. The Labute approximate surface area is 109 Å². The lowest BCUT2D eigenvalue weighted by Gasteiger charge is -2.20. The third-order valence-corrected chi connectivity index (χ3v) is 5.20. The summed E-state index contributed by atoms with van der Waals surface area (Å²) in [6, 6.07) is 7.13. The zero-order chi connectivity index (χ0) is 13.2. The number of sulfonamides is 1. The van der Waals surface area contributed by atoms with Crippen molar-refractivity contribution in [2.45, 2.75) is 18.2 Å². The Bertz CT molecular complexity index is 513. The first kappa shape index (κ1) is 13.5. The van der Waals surface area contributed by atoms with E-state index in [1.54, 1.807) is 22.5 Å². The molecule has 0 atom stereocenters. The Hall–Kier alpha value is -0.910. The Morgan fingerprint density at radius 3 is 2.61 bits per heavy atom. The summed E-state index contributed by atoms with van der Waals surface area (Å²) in [4.78, 5) is 2.58. The summed E-state index contributed by atoms with van der Waals surface area (Å²) in [5.74, 6) is 0. The monoisotopic (exact) mass is 268 g/mol. The Balaban J connectivity index is 2.25. The quantitative estimate of drug-likeness (QED) is 0.812. The largest absolute Gasteiger partial charge is 0.305 e. The average molecular weight is 268 g/mol. The van der Waals surface area contributed by atoms with Crippen LogP contribution in [0.2, 0.25) is 0 Å². The summed E-state index contributed by atoms with van der Waals surface area (Å²) in [7, 11) is -1.29. The van der Waals surface area contributed by atoms with Crippen LogP contribution in [0.15, 0.2) is 29.2 Å². The van der Waals surface area contributed by atoms with Crippen LogP contribution in [-0.4, -0.2) is 50.8 Å². The van der Waals surface area contributed by atoms with E-state index in [0.717, 1.165) is 25.1 Å². The van der Waals surface area contributed by atoms with Gasteiger partial charge in [-0.3, -0.25) is 0 Å². The maximum Gasteiger partial charge on any atom is 0.243 e. The number of likely N-dealkylation sites (N-methyl/N-ethyl adjacent to an activating group) is 1. The van der Waals surface area contributed by atoms with Crippen molar-refractivity contribution in [1.29, 1.82) is 0 Å². The van der Waals surface area contributed by atoms with Gasteiger partial charge in [0.2, 0.25) is 10.0 Å². The van der Waals surface area contributed by atoms with Gasteiger partial charge < -0.3 is 4.90 Å². The van der Waals surface area contributed by atoms with E-state index in [2.05, 4.69) is 4.90 Å². The second-order valence-corrected chi connectivity index (χ2v) is 6.82. The molecule has 0 saturated carbocycles. The maximum absolute atomic E-state index is 12.5. The van der Waals surface area contributed by atoms with E-state index < -0.39 is 10.0 Å². The molecule has 0 aliphatic carbocycles. The molecular formula is C13H20N2O2S. The van der Waals surface area contributed by atoms with Crippen molar-refractivity contribution in [2.75, 3.05) is 33.2 Å². The van der Waals surface area contributed by atoms with E-state index in [4.69, 9.17) is 0 Å². The molecule has 1 aliphatic heterocycles. The molecule has 0 amide bonds. The maximum atomic E-state index is 12.5. The van der Waals surface area contributed by atoms with Crippen molar-refractivity contribution in [3.8, 4) is 0 Å². The molecule has 1 aromatic carbocycles. The van der Waals surface area contributed by atoms with Gasteiger partial charge >= 0.3 is 0 Å². The van der Waals surface area contributed by atoms with Gasteiger partial charge in [0.15, 0.2) is 0 Å². The van der Waals surface area contributed by atoms with Crippen LogP contribution < -0.4 is 0 Å². The molecule has 2 rings (SSSR count). The van der Waals surface area contributed by atoms with Crippen molar-refractivity contribution >= 4 is 10.0 Å². The van der Waals surface area contributed by atoms with Crippen molar-refractivity contribution in [3.63, 3.8) is 0 Å². The van der Waals surface area contributed by atoms with Crippen LogP contribution in [0, 0.1) is 6.92 Å². The van der Waals surface area contributed by atoms with Crippen LogP contribution in [0.1, 0.15) is 12.0 Å². The standard InChI is InChI=1S/C13H20N2O2S/c1-12-5-3-6-13(11-12)18(16,17)15-8-4-7-14(2)9-10-15/h3,5-6,11H,4,7-10H2,1-2H3. The molecule has 0 N–H and O–H groups in total. The smallest absolute Gasteiger partial charge is 0.243 e. The highest BCUT2D eigenvalue weighted by Gasteiger charge is 2.25. The van der Waals surface area contributed by atoms with E-state index in [9.17, 15) is 8.42 Å². The van der Waals surface area contributed by atoms with Gasteiger partial charge in [-0.1, -0.05) is 12.1 Å². The van der Waals surface area contributed by atoms with Gasteiger partial charge in [-0.25, -0.2) is 8.42 Å². The second kappa shape index (κ2) is 5.38. The van der Waals surface area contributed by atoms with Crippen LogP contribution in [0.25, 0.3) is 0 Å². The molecule has 0 radical (unpaired) electrons. The fraction of sp³-hybridized carbons (Fsp3) is 0.538. The minimum atomic E-state index is -3.32. The highest BCUT2D eigenvalue weighted by Crippen LogP contribution is 2.18. The van der Waals surface area contributed by atoms with E-state index in [0.29, 0.717) is 18.0 Å². The molecule has 18 heavy (non-hydrogen) atoms. The average Bonchev–Trinajstić information content (AvgIpc) is 2.54. The SMILES string of the molecule is Cc1cccc(S(=O)(=O)N2CCCN(C)CC2)c1. The highest BCUT2D eigenvalue weighted by molar-refractivity contribution is 7.89. The predicted octanol–water partition coefficient (Wildman–Crippen LogP) is 1.32. The van der Waals surface area contributed by atoms with Gasteiger partial charge in [0.1, 0.15) is 0 Å². The number of hydrogen-bond acceptors (Lipinski definition) is 3. The summed E-state index contributed by atoms with van der Waals surface area (Å²) < 4.78 is 26.6. The molecule has 0 spiro atoms. The van der Waals surface area contributed by atoms with Gasteiger partial charge in [-0.2, -0.15) is 4.31 Å². The normalized spacial score (nSPS) is 19.7. The minimum Gasteiger partial charge on any atom is -0.305 e. The third-order valence-electron chi connectivity index (χ3n) is 3.31. The molecule has 1 fully saturated rings. The van der Waals surface area contributed by atoms with Gasteiger partial charge in [0.25, 0.3) is 0 Å². The number of benzene rings is 1. The summed E-state index contributed by atoms with van der Waals surface area (Å²) in [5, 5.41) is 0. The lowest BCUT2D eigenvalue weighted by atomic mass is 10.2. The first-order valence-corrected chi connectivity index (χ1v) is 7.69. The van der Waals surface area contributed by atoms with Crippen molar-refractivity contribution < 1.29 is 8.42 Å². The van der Waals surface area contributed by atoms with Crippen LogP contribution in [-0.2, 0) is 10.0 Å². The van der Waals surface area contributed by atoms with E-state index in [-0.39, 0.29) is 0 Å². The summed E-state index contributed by atoms with van der Waals surface area (Å²) in [6.07, 6.45) is 0.890. The van der Waals surface area contributed by atoms with Gasteiger partial charge in [-0.15, -0.1) is 0 Å². The molecule has 4 nitrogen and oxygen atoms in total. The number of rotatable bonds is 2. The van der Waals surface area contributed by atoms with Gasteiger partial charge in [0, 0.05) is 19.6 Å². The molecule has 5 heteroatoms. The van der Waals surface area contributed by atoms with Crippen molar-refractivity contribution in [2.24, 2.45) is 0 Å². The third kappa shape index (κ3) is 2.91. The van der Waals surface area contributed by atoms with Crippen LogP contribution >= 0.6 is 0 Å². The molecule has 0 unspecified atom stereocenters. The Morgan fingerprint density at radius 2 is 1.89 bits per heavy atom. The molecule has 1 aromatic rings. The first-order valence-electron chi connectivity index (χ1n) is 6.25. The fourth-order valence-electron chi connectivity index (χ4n) is 2.19. The fourth-order valence-corrected chi connectivity index (χ4v) is 3.76. The van der Waals surface area contributed by atoms with E-state index in [1.807, 2.05) is 20.0 Å². The van der Waals surface area contributed by atoms with E-state index >= 15 is 0 Å². The molecule has 1 saturated heterocycles. The summed E-state index contributed by atoms with van der Waals surface area (Å²) in [6.45, 7) is 4.85. The first-order chi connectivity index (χ1) is 8.50. The summed E-state index contributed by atoms with van der Waals surface area (Å²) >= 11 is 0. The number of aryl methyl sites for hydroxylation is 1. The zero-order valence-electron chi connectivity index (χ0n) is 11.0. The molecule has 100 valence electrons. The van der Waals surface area contributed by atoms with Crippen LogP contribution in [0.4, 0.5) is 0 Å². The van der Waals surface area contributed by atoms with Crippen molar-refractivity contribution in [1.82, 2.24) is 9.21 Å². The van der Waals surface area contributed by atoms with Gasteiger partial charge in [-0.05, 0) is 44.6 Å². The number of nitrogens with zero attached hydrogens (tertiary/aromatic N) is 2. The minimum absolute atomic E-state index is 0.409.